The molecule has 126 valence electrons. The van der Waals surface area contributed by atoms with Crippen molar-refractivity contribution in [1.82, 2.24) is 30.0 Å². The summed E-state index contributed by atoms with van der Waals surface area (Å²) in [5, 5.41) is 7.16. The summed E-state index contributed by atoms with van der Waals surface area (Å²) in [6, 6.07) is 0. The summed E-state index contributed by atoms with van der Waals surface area (Å²) in [4.78, 5) is 22.7. The van der Waals surface area contributed by atoms with E-state index in [0.29, 0.717) is 18.2 Å². The van der Waals surface area contributed by atoms with E-state index in [2.05, 4.69) is 31.9 Å². The van der Waals surface area contributed by atoms with Crippen LogP contribution in [0, 0.1) is 12.8 Å². The van der Waals surface area contributed by atoms with E-state index >= 15 is 0 Å². The largest absolute Gasteiger partial charge is 0.350 e. The molecule has 1 aliphatic heterocycles. The Morgan fingerprint density at radius 2 is 2.29 bits per heavy atom. The summed E-state index contributed by atoms with van der Waals surface area (Å²) in [6.07, 6.45) is 9.73. The first kappa shape index (κ1) is 16.3. The molecule has 3 heterocycles. The molecule has 0 radical (unpaired) electrons. The highest BCUT2D eigenvalue weighted by Gasteiger charge is 2.23. The van der Waals surface area contributed by atoms with Gasteiger partial charge in [0.15, 0.2) is 0 Å². The smallest absolute Gasteiger partial charge is 0.271 e. The summed E-state index contributed by atoms with van der Waals surface area (Å²) in [7, 11) is 0. The number of nitrogens with one attached hydrogen (secondary N) is 1. The third kappa shape index (κ3) is 4.05. The molecule has 1 aliphatic rings. The molecule has 7 heteroatoms. The van der Waals surface area contributed by atoms with Crippen LogP contribution in [-0.4, -0.2) is 50.2 Å². The average molecular weight is 326 g/mol. The zero-order valence-corrected chi connectivity index (χ0v) is 13.9. The van der Waals surface area contributed by atoms with Crippen LogP contribution in [0.15, 0.2) is 31.4 Å². The first-order valence-electron chi connectivity index (χ1n) is 8.09. The quantitative estimate of drug-likeness (QED) is 0.867. The summed E-state index contributed by atoms with van der Waals surface area (Å²) in [5.41, 5.74) is 2.35. The fourth-order valence-corrected chi connectivity index (χ4v) is 2.88. The zero-order valence-electron chi connectivity index (χ0n) is 13.9. The van der Waals surface area contributed by atoms with Crippen molar-refractivity contribution >= 4 is 12.1 Å². The number of amides is 1. The van der Waals surface area contributed by atoms with Crippen LogP contribution in [0.5, 0.6) is 0 Å². The molecule has 0 aromatic carbocycles. The minimum absolute atomic E-state index is 0.159. The standard InChI is InChI=1S/C17H22N6O/c1-3-23-12-15(8-21-23)11-22-5-4-14(10-22)7-20-17(24)16-9-18-13(2)6-19-16/h3,6,8-9,12,14H,1,4-5,7,10-11H2,2H3,(H,20,24)/t14-/m0/s1. The molecule has 0 bridgehead atoms. The van der Waals surface area contributed by atoms with Gasteiger partial charge in [-0.3, -0.25) is 14.7 Å². The van der Waals surface area contributed by atoms with Crippen LogP contribution in [0.3, 0.4) is 0 Å². The topological polar surface area (TPSA) is 75.9 Å². The summed E-state index contributed by atoms with van der Waals surface area (Å²) in [5.74, 6) is 0.301. The lowest BCUT2D eigenvalue weighted by molar-refractivity contribution is 0.0942. The predicted molar refractivity (Wildman–Crippen MR) is 91.1 cm³/mol. The van der Waals surface area contributed by atoms with E-state index in [1.807, 2.05) is 19.3 Å². The summed E-state index contributed by atoms with van der Waals surface area (Å²) >= 11 is 0. The SMILES string of the molecule is C=Cn1cc(CN2CC[C@@H](CNC(=O)c3cnc(C)cn3)C2)cn1. The predicted octanol–water partition coefficient (Wildman–Crippen LogP) is 1.33. The second-order valence-corrected chi connectivity index (χ2v) is 6.15. The fourth-order valence-electron chi connectivity index (χ4n) is 2.88. The van der Waals surface area contributed by atoms with Gasteiger partial charge in [0.25, 0.3) is 5.91 Å². The van der Waals surface area contributed by atoms with Gasteiger partial charge in [-0.1, -0.05) is 6.58 Å². The van der Waals surface area contributed by atoms with Crippen LogP contribution < -0.4 is 5.32 Å². The van der Waals surface area contributed by atoms with E-state index in [1.54, 1.807) is 17.1 Å². The molecular formula is C17H22N6O. The van der Waals surface area contributed by atoms with E-state index < -0.39 is 0 Å². The second kappa shape index (κ2) is 7.35. The lowest BCUT2D eigenvalue weighted by atomic mass is 10.1. The number of likely N-dealkylation sites (tertiary alicyclic amines) is 1. The molecule has 0 saturated carbocycles. The Labute approximate surface area is 141 Å². The molecule has 0 aliphatic carbocycles. The molecular weight excluding hydrogens is 304 g/mol. The van der Waals surface area contributed by atoms with Crippen LogP contribution in [0.2, 0.25) is 0 Å². The molecule has 2 aromatic heterocycles. The number of hydrogen-bond acceptors (Lipinski definition) is 5. The molecule has 1 fully saturated rings. The van der Waals surface area contributed by atoms with Crippen molar-refractivity contribution in [2.75, 3.05) is 19.6 Å². The van der Waals surface area contributed by atoms with E-state index in [9.17, 15) is 4.79 Å². The molecule has 1 atom stereocenters. The molecule has 3 rings (SSSR count). The Kier molecular flexibility index (Phi) is 5.00. The maximum atomic E-state index is 12.1. The van der Waals surface area contributed by atoms with Crippen molar-refractivity contribution < 1.29 is 4.79 Å². The van der Waals surface area contributed by atoms with E-state index in [1.165, 1.54) is 11.8 Å². The number of nitrogens with zero attached hydrogens (tertiary/aromatic N) is 5. The Bertz CT molecular complexity index is 708. The van der Waals surface area contributed by atoms with Gasteiger partial charge in [0.2, 0.25) is 0 Å². The van der Waals surface area contributed by atoms with E-state index in [0.717, 1.165) is 31.7 Å². The lowest BCUT2D eigenvalue weighted by Gasteiger charge is -2.15. The van der Waals surface area contributed by atoms with Crippen molar-refractivity contribution in [3.05, 3.63) is 48.3 Å². The van der Waals surface area contributed by atoms with Gasteiger partial charge in [0.1, 0.15) is 5.69 Å². The Hall–Kier alpha value is -2.54. The van der Waals surface area contributed by atoms with E-state index in [-0.39, 0.29) is 5.91 Å². The number of hydrogen-bond donors (Lipinski definition) is 1. The fraction of sp³-hybridized carbons (Fsp3) is 0.412. The number of aromatic nitrogens is 4. The number of carbonyl (C=O) groups is 1. The first-order valence-corrected chi connectivity index (χ1v) is 8.09. The number of carbonyl (C=O) groups excluding carboxylic acids is 1. The average Bonchev–Trinajstić information content (AvgIpc) is 3.23. The molecule has 2 aromatic rings. The minimum Gasteiger partial charge on any atom is -0.350 e. The molecule has 1 N–H and O–H groups in total. The zero-order chi connectivity index (χ0) is 16.9. The Balaban J connectivity index is 1.45. The van der Waals surface area contributed by atoms with Crippen LogP contribution in [-0.2, 0) is 6.54 Å². The van der Waals surface area contributed by atoms with Crippen molar-refractivity contribution in [3.8, 4) is 0 Å². The van der Waals surface area contributed by atoms with Gasteiger partial charge in [-0.25, -0.2) is 9.67 Å². The monoisotopic (exact) mass is 326 g/mol. The highest BCUT2D eigenvalue weighted by atomic mass is 16.1. The van der Waals surface area contributed by atoms with Crippen LogP contribution in [0.4, 0.5) is 0 Å². The van der Waals surface area contributed by atoms with Gasteiger partial charge in [-0.2, -0.15) is 5.10 Å². The van der Waals surface area contributed by atoms with Crippen molar-refractivity contribution in [3.63, 3.8) is 0 Å². The van der Waals surface area contributed by atoms with Crippen LogP contribution in [0.25, 0.3) is 6.20 Å². The van der Waals surface area contributed by atoms with Crippen molar-refractivity contribution in [2.45, 2.75) is 19.9 Å². The number of aryl methyl sites for hydroxylation is 1. The molecule has 7 nitrogen and oxygen atoms in total. The Morgan fingerprint density at radius 1 is 1.42 bits per heavy atom. The minimum atomic E-state index is -0.159. The summed E-state index contributed by atoms with van der Waals surface area (Å²) in [6.45, 7) is 9.09. The van der Waals surface area contributed by atoms with Gasteiger partial charge in [-0.05, 0) is 25.8 Å². The summed E-state index contributed by atoms with van der Waals surface area (Å²) < 4.78 is 1.71. The van der Waals surface area contributed by atoms with Gasteiger partial charge in [0, 0.05) is 43.8 Å². The van der Waals surface area contributed by atoms with Crippen molar-refractivity contribution in [1.29, 1.82) is 0 Å². The second-order valence-electron chi connectivity index (χ2n) is 6.15. The molecule has 0 unspecified atom stereocenters. The van der Waals surface area contributed by atoms with Crippen LogP contribution in [0.1, 0.15) is 28.2 Å². The molecule has 1 amide bonds. The highest BCUT2D eigenvalue weighted by Crippen LogP contribution is 2.18. The lowest BCUT2D eigenvalue weighted by Crippen LogP contribution is -2.31. The molecule has 24 heavy (non-hydrogen) atoms. The normalized spacial score (nSPS) is 17.8. The Morgan fingerprint density at radius 3 is 3.00 bits per heavy atom. The maximum absolute atomic E-state index is 12.1. The third-order valence-electron chi connectivity index (χ3n) is 4.18. The van der Waals surface area contributed by atoms with Gasteiger partial charge in [-0.15, -0.1) is 0 Å². The highest BCUT2D eigenvalue weighted by molar-refractivity contribution is 5.91. The van der Waals surface area contributed by atoms with Crippen LogP contribution >= 0.6 is 0 Å². The molecule has 1 saturated heterocycles. The third-order valence-corrected chi connectivity index (χ3v) is 4.18. The van der Waals surface area contributed by atoms with Gasteiger partial charge < -0.3 is 5.32 Å². The van der Waals surface area contributed by atoms with Crippen molar-refractivity contribution in [2.24, 2.45) is 5.92 Å². The molecule has 0 spiro atoms. The van der Waals surface area contributed by atoms with Gasteiger partial charge >= 0.3 is 0 Å². The first-order chi connectivity index (χ1) is 11.6. The number of rotatable bonds is 6. The maximum Gasteiger partial charge on any atom is 0.271 e. The van der Waals surface area contributed by atoms with Gasteiger partial charge in [0.05, 0.1) is 18.1 Å². The van der Waals surface area contributed by atoms with E-state index in [4.69, 9.17) is 0 Å².